The molecule has 1 heterocycles. The molecule has 0 saturated carbocycles. The van der Waals surface area contributed by atoms with Gasteiger partial charge in [0.2, 0.25) is 0 Å². The number of thiazole rings is 1. The van der Waals surface area contributed by atoms with Gasteiger partial charge in [-0.1, -0.05) is 11.6 Å². The van der Waals surface area contributed by atoms with Crippen molar-refractivity contribution >= 4 is 34.5 Å². The van der Waals surface area contributed by atoms with Crippen LogP contribution in [0.25, 0.3) is 0 Å². The molecular formula is C14H16ClN3OS. The lowest BCUT2D eigenvalue weighted by Gasteiger charge is -2.16. The minimum absolute atomic E-state index is 0.0461. The summed E-state index contributed by atoms with van der Waals surface area (Å²) in [4.78, 5) is 18.7. The Kier molecular flexibility index (Phi) is 4.62. The van der Waals surface area contributed by atoms with Crippen LogP contribution in [0.2, 0.25) is 5.02 Å². The van der Waals surface area contributed by atoms with Gasteiger partial charge in [-0.2, -0.15) is 0 Å². The molecule has 0 aliphatic heterocycles. The molecule has 20 heavy (non-hydrogen) atoms. The molecule has 1 aromatic heterocycles. The van der Waals surface area contributed by atoms with Gasteiger partial charge in [0, 0.05) is 30.7 Å². The van der Waals surface area contributed by atoms with Crippen molar-refractivity contribution in [1.29, 1.82) is 0 Å². The number of carbonyl (C=O) groups is 1. The van der Waals surface area contributed by atoms with E-state index in [0.29, 0.717) is 10.6 Å². The Morgan fingerprint density at radius 1 is 1.45 bits per heavy atom. The number of nitrogens with zero attached hydrogens (tertiary/aromatic N) is 2. The maximum atomic E-state index is 12.0. The molecule has 1 atom stereocenters. The fraction of sp³-hybridized carbons (Fsp3) is 0.286. The van der Waals surface area contributed by atoms with Gasteiger partial charge in [0.1, 0.15) is 0 Å². The average Bonchev–Trinajstić information content (AvgIpc) is 2.94. The maximum absolute atomic E-state index is 12.0. The zero-order chi connectivity index (χ0) is 14.7. The number of hydrogen-bond donors (Lipinski definition) is 1. The molecule has 1 amide bonds. The topological polar surface area (TPSA) is 45.2 Å². The van der Waals surface area contributed by atoms with Crippen LogP contribution >= 0.6 is 22.9 Å². The summed E-state index contributed by atoms with van der Waals surface area (Å²) in [5, 5.41) is 3.91. The number of amides is 1. The minimum atomic E-state index is -0.0461. The van der Waals surface area contributed by atoms with Gasteiger partial charge in [0.05, 0.1) is 22.3 Å². The van der Waals surface area contributed by atoms with Gasteiger partial charge in [0.15, 0.2) is 0 Å². The quantitative estimate of drug-likeness (QED) is 0.937. The highest BCUT2D eigenvalue weighted by Gasteiger charge is 2.13. The van der Waals surface area contributed by atoms with E-state index in [1.165, 1.54) is 0 Å². The number of carbonyl (C=O) groups excluding carboxylic acids is 1. The summed E-state index contributed by atoms with van der Waals surface area (Å²) in [6.07, 6.45) is 1.82. The van der Waals surface area contributed by atoms with E-state index >= 15 is 0 Å². The van der Waals surface area contributed by atoms with Crippen molar-refractivity contribution < 1.29 is 4.79 Å². The molecule has 1 aromatic carbocycles. The van der Waals surface area contributed by atoms with Crippen LogP contribution in [-0.2, 0) is 0 Å². The van der Waals surface area contributed by atoms with Crippen molar-refractivity contribution in [3.05, 3.63) is 45.4 Å². The second kappa shape index (κ2) is 6.24. The van der Waals surface area contributed by atoms with E-state index in [1.54, 1.807) is 54.0 Å². The van der Waals surface area contributed by atoms with Gasteiger partial charge < -0.3 is 10.2 Å². The summed E-state index contributed by atoms with van der Waals surface area (Å²) in [5.41, 5.74) is 3.15. The summed E-state index contributed by atoms with van der Waals surface area (Å²) in [6.45, 7) is 2.03. The molecule has 1 unspecified atom stereocenters. The molecule has 2 aromatic rings. The van der Waals surface area contributed by atoms with Crippen LogP contribution in [0.1, 0.15) is 28.2 Å². The van der Waals surface area contributed by atoms with Crippen LogP contribution in [-0.4, -0.2) is 29.9 Å². The summed E-state index contributed by atoms with van der Waals surface area (Å²) in [7, 11) is 3.45. The van der Waals surface area contributed by atoms with E-state index in [0.717, 1.165) is 10.6 Å². The highest BCUT2D eigenvalue weighted by Crippen LogP contribution is 2.28. The molecule has 1 N–H and O–H groups in total. The van der Waals surface area contributed by atoms with Gasteiger partial charge in [-0.05, 0) is 25.1 Å². The van der Waals surface area contributed by atoms with Crippen molar-refractivity contribution in [3.63, 3.8) is 0 Å². The van der Waals surface area contributed by atoms with Crippen molar-refractivity contribution in [2.75, 3.05) is 19.4 Å². The molecule has 0 spiro atoms. The van der Waals surface area contributed by atoms with Crippen LogP contribution in [0.3, 0.4) is 0 Å². The van der Waals surface area contributed by atoms with E-state index < -0.39 is 0 Å². The second-order valence-corrected chi connectivity index (χ2v) is 5.99. The Morgan fingerprint density at radius 2 is 2.20 bits per heavy atom. The molecule has 4 nitrogen and oxygen atoms in total. The number of halogens is 1. The van der Waals surface area contributed by atoms with Crippen LogP contribution in [0.15, 0.2) is 29.9 Å². The maximum Gasteiger partial charge on any atom is 0.253 e. The number of benzene rings is 1. The van der Waals surface area contributed by atoms with Crippen molar-refractivity contribution in [2.45, 2.75) is 13.0 Å². The lowest BCUT2D eigenvalue weighted by molar-refractivity contribution is 0.0827. The number of nitrogens with one attached hydrogen (secondary N) is 1. The van der Waals surface area contributed by atoms with E-state index in [-0.39, 0.29) is 11.9 Å². The summed E-state index contributed by atoms with van der Waals surface area (Å²) in [6, 6.07) is 5.33. The fourth-order valence-electron chi connectivity index (χ4n) is 1.77. The number of anilines is 1. The van der Waals surface area contributed by atoms with Crippen molar-refractivity contribution in [1.82, 2.24) is 9.88 Å². The SMILES string of the molecule is CC(Nc1cc(C(=O)N(C)C)ccc1Cl)c1cncs1. The predicted octanol–water partition coefficient (Wildman–Crippen LogP) is 3.67. The van der Waals surface area contributed by atoms with Crippen LogP contribution in [0.5, 0.6) is 0 Å². The largest absolute Gasteiger partial charge is 0.376 e. The molecule has 6 heteroatoms. The van der Waals surface area contributed by atoms with Gasteiger partial charge in [-0.25, -0.2) is 0 Å². The molecule has 0 aliphatic rings. The molecule has 0 aliphatic carbocycles. The molecule has 2 rings (SSSR count). The Morgan fingerprint density at radius 3 is 2.80 bits per heavy atom. The fourth-order valence-corrected chi connectivity index (χ4v) is 2.57. The highest BCUT2D eigenvalue weighted by molar-refractivity contribution is 7.09. The molecular weight excluding hydrogens is 294 g/mol. The Bertz CT molecular complexity index is 598. The standard InChI is InChI=1S/C14H16ClN3OS/c1-9(13-7-16-8-20-13)17-12-6-10(4-5-11(12)15)14(19)18(2)3/h4-9,17H,1-3H3. The average molecular weight is 310 g/mol. The monoisotopic (exact) mass is 309 g/mol. The number of hydrogen-bond acceptors (Lipinski definition) is 4. The first-order valence-corrected chi connectivity index (χ1v) is 7.41. The smallest absolute Gasteiger partial charge is 0.253 e. The van der Waals surface area contributed by atoms with E-state index in [4.69, 9.17) is 11.6 Å². The molecule has 0 fully saturated rings. The lowest BCUT2D eigenvalue weighted by Crippen LogP contribution is -2.21. The normalized spacial score (nSPS) is 12.0. The molecule has 0 saturated heterocycles. The summed E-state index contributed by atoms with van der Waals surface area (Å²) >= 11 is 7.77. The van der Waals surface area contributed by atoms with Crippen molar-refractivity contribution in [2.24, 2.45) is 0 Å². The first kappa shape index (κ1) is 14.8. The minimum Gasteiger partial charge on any atom is -0.376 e. The third-order valence-corrected chi connectivity index (χ3v) is 4.16. The Balaban J connectivity index is 2.23. The second-order valence-electron chi connectivity index (χ2n) is 4.66. The molecule has 0 radical (unpaired) electrons. The van der Waals surface area contributed by atoms with Gasteiger partial charge in [-0.15, -0.1) is 11.3 Å². The van der Waals surface area contributed by atoms with Crippen LogP contribution in [0.4, 0.5) is 5.69 Å². The Hall–Kier alpha value is -1.59. The zero-order valence-electron chi connectivity index (χ0n) is 11.6. The summed E-state index contributed by atoms with van der Waals surface area (Å²) in [5.74, 6) is -0.0461. The van der Waals surface area contributed by atoms with Gasteiger partial charge in [-0.3, -0.25) is 9.78 Å². The van der Waals surface area contributed by atoms with Crippen molar-refractivity contribution in [3.8, 4) is 0 Å². The van der Waals surface area contributed by atoms with Gasteiger partial charge >= 0.3 is 0 Å². The third kappa shape index (κ3) is 3.29. The molecule has 106 valence electrons. The zero-order valence-corrected chi connectivity index (χ0v) is 13.1. The first-order chi connectivity index (χ1) is 9.49. The third-order valence-electron chi connectivity index (χ3n) is 2.87. The first-order valence-electron chi connectivity index (χ1n) is 6.15. The van der Waals surface area contributed by atoms with Gasteiger partial charge in [0.25, 0.3) is 5.91 Å². The van der Waals surface area contributed by atoms with E-state index in [2.05, 4.69) is 10.3 Å². The Labute approximate surface area is 127 Å². The highest BCUT2D eigenvalue weighted by atomic mass is 35.5. The summed E-state index contributed by atoms with van der Waals surface area (Å²) < 4.78 is 0. The van der Waals surface area contributed by atoms with E-state index in [9.17, 15) is 4.79 Å². The lowest BCUT2D eigenvalue weighted by atomic mass is 10.1. The number of rotatable bonds is 4. The molecule has 0 bridgehead atoms. The van der Waals surface area contributed by atoms with E-state index in [1.807, 2.05) is 13.1 Å². The van der Waals surface area contributed by atoms with Crippen LogP contribution in [0, 0.1) is 0 Å². The number of aromatic nitrogens is 1. The predicted molar refractivity (Wildman–Crippen MR) is 83.6 cm³/mol. The van der Waals surface area contributed by atoms with Crippen LogP contribution < -0.4 is 5.32 Å².